The lowest BCUT2D eigenvalue weighted by Gasteiger charge is -2.08. The first-order valence-electron chi connectivity index (χ1n) is 9.97. The van der Waals surface area contributed by atoms with Gasteiger partial charge in [-0.25, -0.2) is 5.43 Å². The van der Waals surface area contributed by atoms with Crippen LogP contribution in [0.4, 0.5) is 5.69 Å². The van der Waals surface area contributed by atoms with Crippen molar-refractivity contribution >= 4 is 40.3 Å². The molecular weight excluding hydrogens is 444 g/mol. The lowest BCUT2D eigenvalue weighted by molar-refractivity contribution is -0.385. The number of fused-ring (bicyclic) bond motifs is 1. The summed E-state index contributed by atoms with van der Waals surface area (Å²) in [6.45, 7) is 2.25. The van der Waals surface area contributed by atoms with E-state index in [2.05, 4.69) is 10.5 Å². The number of hydrogen-bond acceptors (Lipinski definition) is 5. The molecule has 0 saturated carbocycles. The average molecular weight is 463 g/mol. The predicted molar refractivity (Wildman–Crippen MR) is 127 cm³/mol. The quantitative estimate of drug-likeness (QED) is 0.238. The van der Waals surface area contributed by atoms with Crippen molar-refractivity contribution in [1.82, 2.24) is 9.99 Å². The second kappa shape index (κ2) is 9.13. The molecule has 9 heteroatoms. The lowest BCUT2D eigenvalue weighted by Crippen LogP contribution is -2.17. The van der Waals surface area contributed by atoms with E-state index in [9.17, 15) is 20.0 Å². The van der Waals surface area contributed by atoms with Crippen molar-refractivity contribution in [3.63, 3.8) is 0 Å². The molecule has 0 radical (unpaired) electrons. The van der Waals surface area contributed by atoms with E-state index < -0.39 is 5.91 Å². The van der Waals surface area contributed by atoms with Crippen LogP contribution in [0.25, 0.3) is 10.9 Å². The summed E-state index contributed by atoms with van der Waals surface area (Å²) < 4.78 is 1.94. The molecule has 33 heavy (non-hydrogen) atoms. The summed E-state index contributed by atoms with van der Waals surface area (Å²) >= 11 is 5.84. The zero-order valence-electron chi connectivity index (χ0n) is 17.5. The molecule has 0 fully saturated rings. The number of halogens is 1. The van der Waals surface area contributed by atoms with Crippen LogP contribution in [0.2, 0.25) is 5.02 Å². The molecule has 2 N–H and O–H groups in total. The van der Waals surface area contributed by atoms with E-state index in [1.54, 1.807) is 6.07 Å². The molecule has 4 rings (SSSR count). The molecule has 1 heterocycles. The van der Waals surface area contributed by atoms with Crippen LogP contribution < -0.4 is 5.43 Å². The summed E-state index contributed by atoms with van der Waals surface area (Å²) in [5.41, 5.74) is 6.01. The van der Waals surface area contributed by atoms with Crippen molar-refractivity contribution < 1.29 is 14.8 Å². The van der Waals surface area contributed by atoms with Crippen molar-refractivity contribution in [3.05, 3.63) is 104 Å². The Hall–Kier alpha value is -4.17. The highest BCUT2D eigenvalue weighted by Gasteiger charge is 2.15. The second-order valence-electron chi connectivity index (χ2n) is 7.48. The topological polar surface area (TPSA) is 110 Å². The maximum atomic E-state index is 12.3. The van der Waals surface area contributed by atoms with Crippen LogP contribution in [0.15, 0.2) is 72.0 Å². The number of rotatable bonds is 6. The number of phenolic OH excluding ortho intramolecular Hbond substituents is 1. The van der Waals surface area contributed by atoms with Gasteiger partial charge in [-0.15, -0.1) is 0 Å². The molecular formula is C24H19ClN4O4. The van der Waals surface area contributed by atoms with Crippen LogP contribution in [0.3, 0.4) is 0 Å². The number of hydrogen-bond donors (Lipinski definition) is 2. The minimum atomic E-state index is -0.468. The van der Waals surface area contributed by atoms with Crippen molar-refractivity contribution in [2.75, 3.05) is 0 Å². The van der Waals surface area contributed by atoms with Crippen molar-refractivity contribution in [2.24, 2.45) is 5.10 Å². The fourth-order valence-electron chi connectivity index (χ4n) is 3.57. The van der Waals surface area contributed by atoms with E-state index in [1.807, 2.05) is 48.0 Å². The summed E-state index contributed by atoms with van der Waals surface area (Å²) in [5.74, 6) is -0.575. The first-order chi connectivity index (χ1) is 15.8. The molecule has 0 saturated heterocycles. The van der Waals surface area contributed by atoms with Gasteiger partial charge in [0.2, 0.25) is 0 Å². The molecule has 4 aromatic rings. The largest absolute Gasteiger partial charge is 0.506 e. The highest BCUT2D eigenvalue weighted by molar-refractivity contribution is 6.32. The summed E-state index contributed by atoms with van der Waals surface area (Å²) in [5, 5.41) is 25.9. The van der Waals surface area contributed by atoms with Gasteiger partial charge in [0.05, 0.1) is 22.7 Å². The Morgan fingerprint density at radius 2 is 2.03 bits per heavy atom. The van der Waals surface area contributed by atoms with Gasteiger partial charge in [0.1, 0.15) is 5.75 Å². The normalized spacial score (nSPS) is 11.2. The molecule has 0 aliphatic carbocycles. The van der Waals surface area contributed by atoms with Gasteiger partial charge in [0.15, 0.2) is 0 Å². The van der Waals surface area contributed by atoms with E-state index in [0.717, 1.165) is 22.0 Å². The molecule has 8 nitrogen and oxygen atoms in total. The Kier molecular flexibility index (Phi) is 6.10. The van der Waals surface area contributed by atoms with Crippen LogP contribution in [0.1, 0.15) is 27.0 Å². The number of nitrogens with one attached hydrogen (secondary N) is 1. The number of aryl methyl sites for hydroxylation is 1. The first kappa shape index (κ1) is 22.0. The molecule has 1 aromatic heterocycles. The van der Waals surface area contributed by atoms with Crippen LogP contribution in [-0.4, -0.2) is 26.7 Å². The monoisotopic (exact) mass is 462 g/mol. The highest BCUT2D eigenvalue weighted by atomic mass is 35.5. The molecule has 3 aromatic carbocycles. The molecule has 1 amide bonds. The minimum absolute atomic E-state index is 0.0755. The van der Waals surface area contributed by atoms with Crippen molar-refractivity contribution in [3.8, 4) is 5.75 Å². The van der Waals surface area contributed by atoms with Gasteiger partial charge in [-0.05, 0) is 43.3 Å². The van der Waals surface area contributed by atoms with E-state index in [-0.39, 0.29) is 26.9 Å². The number of phenols is 1. The third kappa shape index (κ3) is 4.70. The van der Waals surface area contributed by atoms with E-state index >= 15 is 0 Å². The zero-order chi connectivity index (χ0) is 23.5. The fourth-order valence-corrected chi connectivity index (χ4v) is 3.75. The SMILES string of the molecule is Cc1ccc([N+](=O)[O-])c(Cn2ccc3c(C=NNC(=O)c4ccc(O)c(Cl)c4)cccc32)c1. The number of carbonyl (C=O) groups is 1. The Balaban J connectivity index is 1.56. The third-order valence-corrected chi connectivity index (χ3v) is 5.50. The predicted octanol–water partition coefficient (Wildman–Crippen LogP) is 5.03. The van der Waals surface area contributed by atoms with Crippen molar-refractivity contribution in [1.29, 1.82) is 0 Å². The Bertz CT molecular complexity index is 1410. The Morgan fingerprint density at radius 3 is 2.79 bits per heavy atom. The number of nitro benzene ring substituents is 1. The number of benzene rings is 3. The zero-order valence-corrected chi connectivity index (χ0v) is 18.3. The number of amides is 1. The van der Waals surface area contributed by atoms with Crippen LogP contribution in [0.5, 0.6) is 5.75 Å². The fraction of sp³-hybridized carbons (Fsp3) is 0.0833. The van der Waals surface area contributed by atoms with Crippen LogP contribution in [0, 0.1) is 17.0 Å². The number of aromatic nitrogens is 1. The summed E-state index contributed by atoms with van der Waals surface area (Å²) in [7, 11) is 0. The lowest BCUT2D eigenvalue weighted by atomic mass is 10.1. The molecule has 0 spiro atoms. The summed E-state index contributed by atoms with van der Waals surface area (Å²) in [6.07, 6.45) is 3.40. The summed E-state index contributed by atoms with van der Waals surface area (Å²) in [6, 6.07) is 16.7. The molecule has 0 unspecified atom stereocenters. The van der Waals surface area contributed by atoms with Gasteiger partial charge in [-0.3, -0.25) is 14.9 Å². The van der Waals surface area contributed by atoms with Gasteiger partial charge >= 0.3 is 0 Å². The number of hydrazone groups is 1. The first-order valence-corrected chi connectivity index (χ1v) is 10.3. The number of aromatic hydroxyl groups is 1. The molecule has 0 aliphatic heterocycles. The molecule has 0 aliphatic rings. The smallest absolute Gasteiger partial charge is 0.274 e. The maximum Gasteiger partial charge on any atom is 0.274 e. The van der Waals surface area contributed by atoms with Gasteiger partial charge in [-0.2, -0.15) is 5.10 Å². The van der Waals surface area contributed by atoms with E-state index in [4.69, 9.17) is 11.6 Å². The number of carbonyl (C=O) groups excluding carboxylic acids is 1. The maximum absolute atomic E-state index is 12.3. The van der Waals surface area contributed by atoms with Gasteiger partial charge in [-0.1, -0.05) is 35.4 Å². The standard InChI is InChI=1S/C24H19ClN4O4/c1-15-5-7-21(29(32)33)18(11-15)14-28-10-9-19-17(3-2-4-22(19)28)13-26-27-24(31)16-6-8-23(30)20(25)12-16/h2-13,30H,14H2,1H3,(H,27,31). The van der Waals surface area contributed by atoms with E-state index in [1.165, 1.54) is 30.5 Å². The van der Waals surface area contributed by atoms with Gasteiger partial charge in [0, 0.05) is 39.9 Å². The minimum Gasteiger partial charge on any atom is -0.506 e. The molecule has 0 bridgehead atoms. The summed E-state index contributed by atoms with van der Waals surface area (Å²) in [4.78, 5) is 23.3. The van der Waals surface area contributed by atoms with Crippen LogP contribution >= 0.6 is 11.6 Å². The van der Waals surface area contributed by atoms with E-state index in [0.29, 0.717) is 12.1 Å². The highest BCUT2D eigenvalue weighted by Crippen LogP contribution is 2.25. The van der Waals surface area contributed by atoms with Gasteiger partial charge < -0.3 is 9.67 Å². The van der Waals surface area contributed by atoms with Crippen LogP contribution in [-0.2, 0) is 6.54 Å². The van der Waals surface area contributed by atoms with Crippen molar-refractivity contribution in [2.45, 2.75) is 13.5 Å². The number of nitro groups is 1. The van der Waals surface area contributed by atoms with Gasteiger partial charge in [0.25, 0.3) is 11.6 Å². The Labute approximate surface area is 193 Å². The second-order valence-corrected chi connectivity index (χ2v) is 7.89. The third-order valence-electron chi connectivity index (χ3n) is 5.20. The molecule has 166 valence electrons. The Morgan fingerprint density at radius 1 is 1.21 bits per heavy atom. The number of nitrogens with zero attached hydrogens (tertiary/aromatic N) is 3. The molecule has 0 atom stereocenters. The average Bonchev–Trinajstić information content (AvgIpc) is 3.19.